The molecule has 0 saturated carbocycles. The first-order chi connectivity index (χ1) is 12.3. The predicted molar refractivity (Wildman–Crippen MR) is 105 cm³/mol. The molecular weight excluding hydrogens is 375 g/mol. The van der Waals surface area contributed by atoms with Crippen LogP contribution >= 0.6 is 0 Å². The fraction of sp³-hybridized carbons (Fsp3) is 0.0952. The summed E-state index contributed by atoms with van der Waals surface area (Å²) in [5, 5.41) is 3.31. The van der Waals surface area contributed by atoms with Crippen LogP contribution in [-0.4, -0.2) is 22.9 Å². The summed E-state index contributed by atoms with van der Waals surface area (Å²) in [4.78, 5) is 12.8. The molecule has 3 aromatic carbocycles. The van der Waals surface area contributed by atoms with E-state index in [2.05, 4.69) is 60.0 Å². The first kappa shape index (κ1) is 14.8. The van der Waals surface area contributed by atoms with Gasteiger partial charge in [0.25, 0.3) is 0 Å². The molecule has 2 aromatic heterocycles. The summed E-state index contributed by atoms with van der Waals surface area (Å²) in [7, 11) is 0. The van der Waals surface area contributed by atoms with E-state index in [1.807, 2.05) is 21.8 Å². The fourth-order valence-electron chi connectivity index (χ4n) is 3.65. The molecule has 0 aliphatic carbocycles. The van der Waals surface area contributed by atoms with E-state index in [0.29, 0.717) is 0 Å². The van der Waals surface area contributed by atoms with Gasteiger partial charge < -0.3 is 0 Å². The maximum absolute atomic E-state index is 12.8. The summed E-state index contributed by atoms with van der Waals surface area (Å²) >= 11 is 0.00444. The zero-order valence-corrected chi connectivity index (χ0v) is 15.5. The third-order valence-corrected chi connectivity index (χ3v) is 7.13. The summed E-state index contributed by atoms with van der Waals surface area (Å²) in [5.74, 6) is 0. The third kappa shape index (κ3) is 2.08. The molecule has 0 amide bonds. The van der Waals surface area contributed by atoms with Crippen molar-refractivity contribution >= 4 is 46.2 Å². The molecule has 2 heterocycles. The standard InChI is InChI=1S/C21H16N2OSe/c1-2-22-18-9-5-3-7-15(18)17-13-14(11-12-19(17)22)23-21(24)16-8-4-6-10-20(16)25-23/h3-13H,2H2,1H3. The molecule has 0 N–H and O–H groups in total. The van der Waals surface area contributed by atoms with Crippen molar-refractivity contribution in [3.8, 4) is 5.69 Å². The van der Waals surface area contributed by atoms with Gasteiger partial charge in [-0.15, -0.1) is 0 Å². The van der Waals surface area contributed by atoms with Gasteiger partial charge in [0.15, 0.2) is 0 Å². The Hall–Kier alpha value is -2.55. The van der Waals surface area contributed by atoms with Crippen LogP contribution in [0.4, 0.5) is 0 Å². The Labute approximate surface area is 150 Å². The maximum atomic E-state index is 12.8. The zero-order chi connectivity index (χ0) is 17.0. The van der Waals surface area contributed by atoms with Crippen LogP contribution in [0.25, 0.3) is 37.1 Å². The summed E-state index contributed by atoms with van der Waals surface area (Å²) in [6.07, 6.45) is 0. The normalized spacial score (nSPS) is 11.7. The molecule has 0 atom stereocenters. The SMILES string of the molecule is CCn1c2ccccc2c2cc(-n3[se]c4ccccc4c3=O)ccc21. The molecule has 0 unspecified atom stereocenters. The first-order valence-electron chi connectivity index (χ1n) is 8.40. The second kappa shape index (κ2) is 5.48. The molecule has 0 radical (unpaired) electrons. The number of aryl methyl sites for hydroxylation is 1. The number of nitrogens with zero attached hydrogens (tertiary/aromatic N) is 2. The number of benzene rings is 3. The number of aromatic nitrogens is 2. The van der Waals surface area contributed by atoms with Crippen LogP contribution in [0.1, 0.15) is 6.92 Å². The Bertz CT molecular complexity index is 1310. The van der Waals surface area contributed by atoms with Crippen molar-refractivity contribution in [3.63, 3.8) is 0 Å². The van der Waals surface area contributed by atoms with Gasteiger partial charge in [-0.05, 0) is 0 Å². The summed E-state index contributed by atoms with van der Waals surface area (Å²) < 4.78 is 5.44. The molecule has 122 valence electrons. The molecule has 3 nitrogen and oxygen atoms in total. The number of para-hydroxylation sites is 1. The van der Waals surface area contributed by atoms with Crippen molar-refractivity contribution in [2.24, 2.45) is 0 Å². The molecule has 0 aliphatic heterocycles. The average Bonchev–Trinajstić information content (AvgIpc) is 3.16. The number of hydrogen-bond donors (Lipinski definition) is 0. The van der Waals surface area contributed by atoms with E-state index in [1.165, 1.54) is 21.8 Å². The van der Waals surface area contributed by atoms with Gasteiger partial charge in [0.05, 0.1) is 0 Å². The van der Waals surface area contributed by atoms with Crippen molar-refractivity contribution in [2.75, 3.05) is 0 Å². The third-order valence-electron chi connectivity index (χ3n) is 4.80. The second-order valence-electron chi connectivity index (χ2n) is 6.15. The molecule has 0 saturated heterocycles. The Morgan fingerprint density at radius 1 is 0.840 bits per heavy atom. The summed E-state index contributed by atoms with van der Waals surface area (Å²) in [5.41, 5.74) is 3.59. The van der Waals surface area contributed by atoms with Crippen molar-refractivity contribution in [1.29, 1.82) is 0 Å². The molecule has 25 heavy (non-hydrogen) atoms. The molecule has 5 rings (SSSR count). The van der Waals surface area contributed by atoms with Gasteiger partial charge in [-0.3, -0.25) is 0 Å². The van der Waals surface area contributed by atoms with E-state index >= 15 is 0 Å². The number of rotatable bonds is 2. The van der Waals surface area contributed by atoms with Gasteiger partial charge in [-0.1, -0.05) is 0 Å². The second-order valence-corrected chi connectivity index (χ2v) is 8.22. The van der Waals surface area contributed by atoms with Gasteiger partial charge in [-0.2, -0.15) is 0 Å². The van der Waals surface area contributed by atoms with Crippen molar-refractivity contribution < 1.29 is 0 Å². The van der Waals surface area contributed by atoms with Gasteiger partial charge in [0, 0.05) is 0 Å². The van der Waals surface area contributed by atoms with E-state index in [-0.39, 0.29) is 20.3 Å². The van der Waals surface area contributed by atoms with Gasteiger partial charge >= 0.3 is 151 Å². The molecule has 0 bridgehead atoms. The molecule has 0 spiro atoms. The van der Waals surface area contributed by atoms with Crippen LogP contribution in [-0.2, 0) is 6.54 Å². The van der Waals surface area contributed by atoms with Crippen LogP contribution in [0.15, 0.2) is 71.5 Å². The fourth-order valence-corrected chi connectivity index (χ4v) is 5.73. The van der Waals surface area contributed by atoms with Gasteiger partial charge in [-0.25, -0.2) is 0 Å². The Morgan fingerprint density at radius 3 is 2.36 bits per heavy atom. The van der Waals surface area contributed by atoms with Gasteiger partial charge in [0.2, 0.25) is 0 Å². The van der Waals surface area contributed by atoms with Crippen LogP contribution in [0.2, 0.25) is 0 Å². The van der Waals surface area contributed by atoms with E-state index in [9.17, 15) is 4.79 Å². The topological polar surface area (TPSA) is 26.9 Å². The number of hydrogen-bond acceptors (Lipinski definition) is 1. The molecule has 0 aliphatic rings. The number of fused-ring (bicyclic) bond motifs is 4. The Balaban J connectivity index is 1.84. The van der Waals surface area contributed by atoms with E-state index in [4.69, 9.17) is 0 Å². The molecular formula is C21H16N2OSe. The van der Waals surface area contributed by atoms with Gasteiger partial charge in [0.1, 0.15) is 0 Å². The predicted octanol–water partition coefficient (Wildman–Crippen LogP) is 4.18. The zero-order valence-electron chi connectivity index (χ0n) is 13.8. The van der Waals surface area contributed by atoms with Crippen LogP contribution < -0.4 is 5.56 Å². The van der Waals surface area contributed by atoms with Crippen molar-refractivity contribution in [3.05, 3.63) is 77.1 Å². The van der Waals surface area contributed by atoms with E-state index in [1.54, 1.807) is 0 Å². The van der Waals surface area contributed by atoms with E-state index < -0.39 is 0 Å². The minimum atomic E-state index is 0.00444. The van der Waals surface area contributed by atoms with Crippen LogP contribution in [0, 0.1) is 0 Å². The quantitative estimate of drug-likeness (QED) is 0.415. The van der Waals surface area contributed by atoms with Crippen LogP contribution in [0.5, 0.6) is 0 Å². The minimum absolute atomic E-state index is 0.00444. The molecule has 4 heteroatoms. The van der Waals surface area contributed by atoms with Crippen molar-refractivity contribution in [2.45, 2.75) is 13.5 Å². The van der Waals surface area contributed by atoms with Crippen molar-refractivity contribution in [1.82, 2.24) is 8.13 Å². The Morgan fingerprint density at radius 2 is 1.56 bits per heavy atom. The first-order valence-corrected chi connectivity index (χ1v) is 10.0. The van der Waals surface area contributed by atoms with E-state index in [0.717, 1.165) is 21.9 Å². The monoisotopic (exact) mass is 392 g/mol. The summed E-state index contributed by atoms with van der Waals surface area (Å²) in [6.45, 7) is 3.10. The molecule has 5 aromatic rings. The summed E-state index contributed by atoms with van der Waals surface area (Å²) in [6, 6.07) is 22.8. The van der Waals surface area contributed by atoms with Crippen LogP contribution in [0.3, 0.4) is 0 Å². The average molecular weight is 391 g/mol. The molecule has 0 fully saturated rings. The Kier molecular flexibility index (Phi) is 3.24.